The molecule has 35 heavy (non-hydrogen) atoms. The maximum absolute atomic E-state index is 13.3. The average Bonchev–Trinajstić information content (AvgIpc) is 3.54. The van der Waals surface area contributed by atoms with E-state index >= 15 is 0 Å². The molecule has 0 bridgehead atoms. The Morgan fingerprint density at radius 3 is 2.89 bits per heavy atom. The molecule has 5 heterocycles. The number of aromatic nitrogens is 5. The topological polar surface area (TPSA) is 110 Å². The number of anilines is 2. The van der Waals surface area contributed by atoms with E-state index in [0.717, 1.165) is 42.9 Å². The lowest BCUT2D eigenvalue weighted by molar-refractivity contribution is -0.000562. The maximum atomic E-state index is 13.3. The van der Waals surface area contributed by atoms with Crippen LogP contribution in [0, 0.1) is 0 Å². The number of piperidine rings is 1. The average molecular weight is 474 g/mol. The number of benzene rings is 1. The van der Waals surface area contributed by atoms with E-state index in [0.29, 0.717) is 29.4 Å². The molecule has 6 rings (SSSR count). The van der Waals surface area contributed by atoms with E-state index in [-0.39, 0.29) is 12.5 Å². The van der Waals surface area contributed by atoms with Crippen molar-refractivity contribution in [3.63, 3.8) is 0 Å². The fraction of sp³-hybridized carbons (Fsp3) is 0.360. The summed E-state index contributed by atoms with van der Waals surface area (Å²) in [6, 6.07) is 6.09. The first kappa shape index (κ1) is 21.6. The summed E-state index contributed by atoms with van der Waals surface area (Å²) >= 11 is 0. The van der Waals surface area contributed by atoms with Crippen LogP contribution in [0.4, 0.5) is 11.4 Å². The van der Waals surface area contributed by atoms with Crippen LogP contribution in [0.25, 0.3) is 5.65 Å². The van der Waals surface area contributed by atoms with Crippen molar-refractivity contribution in [2.75, 3.05) is 29.9 Å². The number of nitrogens with zero attached hydrogens (tertiary/aromatic N) is 6. The van der Waals surface area contributed by atoms with Crippen molar-refractivity contribution in [3.05, 3.63) is 66.6 Å². The lowest BCUT2D eigenvalue weighted by Gasteiger charge is -2.37. The number of hydrogen-bond donors (Lipinski definition) is 2. The maximum Gasteiger partial charge on any atom is 0.261 e. The monoisotopic (exact) mass is 473 g/mol. The van der Waals surface area contributed by atoms with E-state index in [1.54, 1.807) is 29.9 Å². The number of amides is 1. The van der Waals surface area contributed by atoms with Gasteiger partial charge in [-0.3, -0.25) is 4.79 Å². The van der Waals surface area contributed by atoms with Gasteiger partial charge in [-0.05, 0) is 37.5 Å². The highest BCUT2D eigenvalue weighted by molar-refractivity contribution is 6.09. The Morgan fingerprint density at radius 1 is 1.23 bits per heavy atom. The van der Waals surface area contributed by atoms with Crippen LogP contribution in [-0.4, -0.2) is 60.5 Å². The molecule has 10 nitrogen and oxygen atoms in total. The van der Waals surface area contributed by atoms with Crippen molar-refractivity contribution >= 4 is 22.9 Å². The second-order valence-electron chi connectivity index (χ2n) is 9.57. The van der Waals surface area contributed by atoms with Gasteiger partial charge in [0.1, 0.15) is 17.9 Å². The third kappa shape index (κ3) is 4.10. The van der Waals surface area contributed by atoms with E-state index < -0.39 is 5.60 Å². The molecule has 0 spiro atoms. The van der Waals surface area contributed by atoms with E-state index in [9.17, 15) is 9.90 Å². The van der Waals surface area contributed by atoms with Gasteiger partial charge < -0.3 is 24.6 Å². The molecular weight excluding hydrogens is 446 g/mol. The predicted molar refractivity (Wildman–Crippen MR) is 130 cm³/mol. The van der Waals surface area contributed by atoms with Crippen LogP contribution in [0.2, 0.25) is 0 Å². The molecule has 1 fully saturated rings. The number of imidazole rings is 1. The first-order valence-corrected chi connectivity index (χ1v) is 11.8. The van der Waals surface area contributed by atoms with Crippen molar-refractivity contribution in [1.82, 2.24) is 24.1 Å². The third-order valence-electron chi connectivity index (χ3n) is 6.81. The lowest BCUT2D eigenvalue weighted by Crippen LogP contribution is -2.39. The van der Waals surface area contributed by atoms with Gasteiger partial charge in [0.25, 0.3) is 5.91 Å². The second-order valence-corrected chi connectivity index (χ2v) is 9.57. The van der Waals surface area contributed by atoms with Crippen molar-refractivity contribution in [3.8, 4) is 5.75 Å². The Balaban J connectivity index is 1.32. The Hall–Kier alpha value is -3.92. The third-order valence-corrected chi connectivity index (χ3v) is 6.81. The van der Waals surface area contributed by atoms with Gasteiger partial charge in [-0.25, -0.2) is 14.5 Å². The minimum atomic E-state index is -0.953. The molecule has 3 aromatic heterocycles. The molecule has 1 atom stereocenters. The minimum Gasteiger partial charge on any atom is -0.490 e. The predicted octanol–water partition coefficient (Wildman–Crippen LogP) is 2.71. The number of ether oxygens (including phenoxy) is 1. The Bertz CT molecular complexity index is 1370. The molecular formula is C25H27N7O3. The summed E-state index contributed by atoms with van der Waals surface area (Å²) in [5, 5.41) is 17.9. The molecule has 2 aliphatic rings. The SMILES string of the molecule is C[C@@]1(O)COc2cc(N3CCC(n4ccnc4)CC3)c(NC(=O)c3cnn4cccnc34)cc2C1. The number of nitrogens with one attached hydrogen (secondary N) is 1. The first-order chi connectivity index (χ1) is 17.0. The van der Waals surface area contributed by atoms with Crippen LogP contribution in [0.5, 0.6) is 5.75 Å². The van der Waals surface area contributed by atoms with E-state index in [2.05, 4.69) is 29.9 Å². The molecule has 2 N–H and O–H groups in total. The van der Waals surface area contributed by atoms with Crippen molar-refractivity contribution in [2.24, 2.45) is 0 Å². The molecule has 0 unspecified atom stereocenters. The summed E-state index contributed by atoms with van der Waals surface area (Å²) in [7, 11) is 0. The number of aliphatic hydroxyl groups is 1. The van der Waals surface area contributed by atoms with Crippen LogP contribution < -0.4 is 15.0 Å². The standard InChI is InChI=1S/C25H27N7O3/c1-25(34)13-17-11-20(29-24(33)19-14-28-32-7-2-5-27-23(19)32)21(12-22(17)35-15-25)30-8-3-18(4-9-30)31-10-6-26-16-31/h2,5-7,10-12,14,16,18,34H,3-4,8-9,13,15H2,1H3,(H,29,33)/t25-/m0/s1. The van der Waals surface area contributed by atoms with Crippen molar-refractivity contribution in [2.45, 2.75) is 37.8 Å². The Morgan fingerprint density at radius 2 is 2.09 bits per heavy atom. The van der Waals surface area contributed by atoms with Crippen LogP contribution in [0.15, 0.2) is 55.5 Å². The van der Waals surface area contributed by atoms with Gasteiger partial charge in [0.2, 0.25) is 0 Å². The highest BCUT2D eigenvalue weighted by atomic mass is 16.5. The van der Waals surface area contributed by atoms with Gasteiger partial charge in [-0.15, -0.1) is 0 Å². The lowest BCUT2D eigenvalue weighted by atomic mass is 9.93. The van der Waals surface area contributed by atoms with Gasteiger partial charge in [0, 0.05) is 56.4 Å². The zero-order valence-corrected chi connectivity index (χ0v) is 19.5. The molecule has 1 amide bonds. The number of fused-ring (bicyclic) bond motifs is 2. The van der Waals surface area contributed by atoms with Crippen LogP contribution in [0.3, 0.4) is 0 Å². The number of carbonyl (C=O) groups excluding carboxylic acids is 1. The Kier molecular flexibility index (Phi) is 5.18. The van der Waals surface area contributed by atoms with Gasteiger partial charge >= 0.3 is 0 Å². The molecule has 4 aromatic rings. The molecule has 180 valence electrons. The normalized spacial score (nSPS) is 20.5. The zero-order valence-electron chi connectivity index (χ0n) is 19.5. The van der Waals surface area contributed by atoms with Gasteiger partial charge in [-0.2, -0.15) is 5.10 Å². The van der Waals surface area contributed by atoms with Gasteiger partial charge in [0.15, 0.2) is 5.65 Å². The Labute approximate surface area is 202 Å². The second kappa shape index (κ2) is 8.38. The molecule has 1 saturated heterocycles. The van der Waals surface area contributed by atoms with Crippen LogP contribution in [0.1, 0.15) is 41.7 Å². The molecule has 10 heteroatoms. The van der Waals surface area contributed by atoms with Gasteiger partial charge in [-0.1, -0.05) is 0 Å². The van der Waals surface area contributed by atoms with Crippen molar-refractivity contribution < 1.29 is 14.6 Å². The molecule has 0 aliphatic carbocycles. The molecule has 0 saturated carbocycles. The van der Waals surface area contributed by atoms with Crippen molar-refractivity contribution in [1.29, 1.82) is 0 Å². The van der Waals surface area contributed by atoms with Crippen LogP contribution >= 0.6 is 0 Å². The fourth-order valence-corrected chi connectivity index (χ4v) is 5.01. The quantitative estimate of drug-likeness (QED) is 0.469. The highest BCUT2D eigenvalue weighted by Gasteiger charge is 2.31. The van der Waals surface area contributed by atoms with Gasteiger partial charge in [0.05, 0.1) is 29.5 Å². The highest BCUT2D eigenvalue weighted by Crippen LogP contribution is 2.40. The summed E-state index contributed by atoms with van der Waals surface area (Å²) in [6.07, 6.45) is 13.0. The summed E-state index contributed by atoms with van der Waals surface area (Å²) in [5.41, 5.74) is 2.41. The summed E-state index contributed by atoms with van der Waals surface area (Å²) < 4.78 is 9.66. The number of carbonyl (C=O) groups is 1. The number of hydrogen-bond acceptors (Lipinski definition) is 7. The number of rotatable bonds is 4. The molecule has 0 radical (unpaired) electrons. The molecule has 2 aliphatic heterocycles. The minimum absolute atomic E-state index is 0.238. The van der Waals surface area contributed by atoms with Crippen LogP contribution in [-0.2, 0) is 6.42 Å². The summed E-state index contributed by atoms with van der Waals surface area (Å²) in [4.78, 5) is 24.1. The smallest absolute Gasteiger partial charge is 0.261 e. The zero-order chi connectivity index (χ0) is 24.0. The van der Waals surface area contributed by atoms with E-state index in [1.165, 1.54) is 6.20 Å². The first-order valence-electron chi connectivity index (χ1n) is 11.8. The largest absolute Gasteiger partial charge is 0.490 e. The summed E-state index contributed by atoms with van der Waals surface area (Å²) in [6.45, 7) is 3.66. The van der Waals surface area contributed by atoms with E-state index in [4.69, 9.17) is 4.74 Å². The molecule has 1 aromatic carbocycles. The van der Waals surface area contributed by atoms with E-state index in [1.807, 2.05) is 30.9 Å². The fourth-order valence-electron chi connectivity index (χ4n) is 5.01. The summed E-state index contributed by atoms with van der Waals surface area (Å²) in [5.74, 6) is 0.468.